The van der Waals surface area contributed by atoms with E-state index < -0.39 is 0 Å². The molecule has 0 fully saturated rings. The number of rotatable bonds is 2. The summed E-state index contributed by atoms with van der Waals surface area (Å²) in [6.07, 6.45) is 1.53. The lowest BCUT2D eigenvalue weighted by Crippen LogP contribution is -2.37. The van der Waals surface area contributed by atoms with Crippen LogP contribution in [0.2, 0.25) is 0 Å². The topological polar surface area (TPSA) is 37.4 Å². The van der Waals surface area contributed by atoms with Gasteiger partial charge in [0.05, 0.1) is 5.70 Å². The van der Waals surface area contributed by atoms with Crippen LogP contribution in [0.3, 0.4) is 0 Å². The van der Waals surface area contributed by atoms with E-state index in [-0.39, 0.29) is 11.6 Å². The number of fused-ring (bicyclic) bond motifs is 1. The van der Waals surface area contributed by atoms with Crippen LogP contribution in [0.1, 0.15) is 38.3 Å². The van der Waals surface area contributed by atoms with Gasteiger partial charge in [0, 0.05) is 29.8 Å². The van der Waals surface area contributed by atoms with Crippen molar-refractivity contribution in [2.45, 2.75) is 40.2 Å². The van der Waals surface area contributed by atoms with Crippen molar-refractivity contribution in [2.75, 3.05) is 6.54 Å². The first kappa shape index (κ1) is 14.8. The molecule has 114 valence electrons. The highest BCUT2D eigenvalue weighted by Gasteiger charge is 2.33. The minimum Gasteiger partial charge on any atom is -0.363 e. The zero-order chi connectivity index (χ0) is 15.9. The number of Topliss-reactive ketones (excluding diaryl/α,β-unsaturated/α-hetero) is 2. The lowest BCUT2D eigenvalue weighted by molar-refractivity contribution is -0.117. The molecule has 0 saturated carbocycles. The van der Waals surface area contributed by atoms with Gasteiger partial charge in [0.15, 0.2) is 5.78 Å². The van der Waals surface area contributed by atoms with Crippen molar-refractivity contribution in [3.63, 3.8) is 0 Å². The number of nitrogens with zero attached hydrogens (tertiary/aromatic N) is 1. The first-order valence-corrected chi connectivity index (χ1v) is 7.86. The number of hydrogen-bond donors (Lipinski definition) is 0. The molecule has 0 saturated heterocycles. The molecule has 1 aromatic carbocycles. The van der Waals surface area contributed by atoms with E-state index in [0.29, 0.717) is 35.4 Å². The Morgan fingerprint density at radius 2 is 1.68 bits per heavy atom. The van der Waals surface area contributed by atoms with E-state index in [4.69, 9.17) is 0 Å². The molecule has 0 unspecified atom stereocenters. The molecule has 3 rings (SSSR count). The fourth-order valence-corrected chi connectivity index (χ4v) is 3.48. The summed E-state index contributed by atoms with van der Waals surface area (Å²) < 4.78 is 0. The van der Waals surface area contributed by atoms with Crippen LogP contribution in [-0.2, 0) is 22.6 Å². The Morgan fingerprint density at radius 1 is 1.00 bits per heavy atom. The van der Waals surface area contributed by atoms with E-state index in [2.05, 4.69) is 23.1 Å². The second-order valence-electron chi connectivity index (χ2n) is 6.03. The highest BCUT2D eigenvalue weighted by atomic mass is 16.1. The molecular weight excluding hydrogens is 274 g/mol. The number of ketones is 2. The Balaban J connectivity index is 1.98. The Labute approximate surface area is 131 Å². The van der Waals surface area contributed by atoms with Crippen LogP contribution in [0.5, 0.6) is 0 Å². The second-order valence-corrected chi connectivity index (χ2v) is 6.03. The number of hydrogen-bond acceptors (Lipinski definition) is 3. The van der Waals surface area contributed by atoms with Crippen molar-refractivity contribution in [3.8, 4) is 0 Å². The van der Waals surface area contributed by atoms with E-state index in [1.807, 2.05) is 13.0 Å². The zero-order valence-corrected chi connectivity index (χ0v) is 13.4. The van der Waals surface area contributed by atoms with Gasteiger partial charge < -0.3 is 4.90 Å². The third-order valence-electron chi connectivity index (χ3n) is 4.78. The van der Waals surface area contributed by atoms with E-state index >= 15 is 0 Å². The molecule has 0 aromatic heterocycles. The summed E-state index contributed by atoms with van der Waals surface area (Å²) in [4.78, 5) is 27.3. The van der Waals surface area contributed by atoms with E-state index in [9.17, 15) is 9.59 Å². The quantitative estimate of drug-likeness (QED) is 0.786. The second kappa shape index (κ2) is 5.56. The number of allylic oxidation sites excluding steroid dienone is 3. The summed E-state index contributed by atoms with van der Waals surface area (Å²) >= 11 is 0. The molecule has 22 heavy (non-hydrogen) atoms. The maximum absolute atomic E-state index is 12.8. The third-order valence-corrected chi connectivity index (χ3v) is 4.78. The molecule has 3 nitrogen and oxygen atoms in total. The van der Waals surface area contributed by atoms with Crippen LogP contribution in [0.25, 0.3) is 0 Å². The van der Waals surface area contributed by atoms with Crippen LogP contribution < -0.4 is 0 Å². The predicted octanol–water partition coefficient (Wildman–Crippen LogP) is 3.20. The number of benzene rings is 1. The van der Waals surface area contributed by atoms with Crippen LogP contribution >= 0.6 is 0 Å². The largest absolute Gasteiger partial charge is 0.363 e. The average molecular weight is 295 g/mol. The zero-order valence-electron chi connectivity index (χ0n) is 13.4. The predicted molar refractivity (Wildman–Crippen MR) is 86.3 cm³/mol. The molecule has 0 N–H and O–H groups in total. The molecule has 0 spiro atoms. The summed E-state index contributed by atoms with van der Waals surface area (Å²) in [6.45, 7) is 7.00. The van der Waals surface area contributed by atoms with Crippen molar-refractivity contribution in [3.05, 3.63) is 57.8 Å². The van der Waals surface area contributed by atoms with E-state index in [1.165, 1.54) is 11.1 Å². The lowest BCUT2D eigenvalue weighted by atomic mass is 9.86. The fraction of sp³-hybridized carbons (Fsp3) is 0.368. The van der Waals surface area contributed by atoms with Gasteiger partial charge in [0.2, 0.25) is 5.78 Å². The Morgan fingerprint density at radius 3 is 2.36 bits per heavy atom. The summed E-state index contributed by atoms with van der Waals surface area (Å²) in [5.74, 6) is 0.0572. The molecule has 3 heteroatoms. The van der Waals surface area contributed by atoms with Gasteiger partial charge in [-0.05, 0) is 37.8 Å². The van der Waals surface area contributed by atoms with Gasteiger partial charge in [0.1, 0.15) is 0 Å². The fourth-order valence-electron chi connectivity index (χ4n) is 3.48. The number of carbonyl (C=O) groups is 2. The van der Waals surface area contributed by atoms with Crippen LogP contribution in [0.15, 0.2) is 46.7 Å². The molecule has 1 aliphatic heterocycles. The van der Waals surface area contributed by atoms with Crippen LogP contribution in [0, 0.1) is 0 Å². The normalized spacial score (nSPS) is 19.0. The Kier molecular flexibility index (Phi) is 3.73. The van der Waals surface area contributed by atoms with Crippen LogP contribution in [-0.4, -0.2) is 23.0 Å². The third kappa shape index (κ3) is 2.21. The highest BCUT2D eigenvalue weighted by molar-refractivity contribution is 6.24. The Hall–Kier alpha value is -2.16. The molecule has 2 aliphatic rings. The summed E-state index contributed by atoms with van der Waals surface area (Å²) in [7, 11) is 0. The monoisotopic (exact) mass is 295 g/mol. The van der Waals surface area contributed by atoms with Gasteiger partial charge in [-0.1, -0.05) is 31.2 Å². The van der Waals surface area contributed by atoms with Crippen molar-refractivity contribution in [1.29, 1.82) is 0 Å². The first-order chi connectivity index (χ1) is 10.5. The van der Waals surface area contributed by atoms with Crippen LogP contribution in [0.4, 0.5) is 0 Å². The number of carbonyl (C=O) groups excluding carboxylic acids is 2. The van der Waals surface area contributed by atoms with Crippen molar-refractivity contribution in [1.82, 2.24) is 4.90 Å². The SMILES string of the molecule is CCC1=C(C)C(=O)C(N2CCc3ccccc3C2)=C(C)C1=O. The van der Waals surface area contributed by atoms with Crippen molar-refractivity contribution in [2.24, 2.45) is 0 Å². The molecule has 1 aromatic rings. The van der Waals surface area contributed by atoms with Gasteiger partial charge in [-0.2, -0.15) is 0 Å². The molecule has 0 bridgehead atoms. The molecule has 0 radical (unpaired) electrons. The lowest BCUT2D eigenvalue weighted by Gasteiger charge is -2.34. The highest BCUT2D eigenvalue weighted by Crippen LogP contribution is 2.31. The minimum absolute atomic E-state index is 0.0216. The van der Waals surface area contributed by atoms with Crippen molar-refractivity contribution < 1.29 is 9.59 Å². The Bertz CT molecular complexity index is 725. The van der Waals surface area contributed by atoms with Gasteiger partial charge in [-0.25, -0.2) is 0 Å². The molecule has 0 atom stereocenters. The van der Waals surface area contributed by atoms with Gasteiger partial charge in [-0.3, -0.25) is 9.59 Å². The first-order valence-electron chi connectivity index (χ1n) is 7.86. The van der Waals surface area contributed by atoms with Gasteiger partial charge in [-0.15, -0.1) is 0 Å². The van der Waals surface area contributed by atoms with Gasteiger partial charge >= 0.3 is 0 Å². The van der Waals surface area contributed by atoms with E-state index in [0.717, 1.165) is 13.0 Å². The maximum Gasteiger partial charge on any atom is 0.205 e. The molecule has 1 heterocycles. The minimum atomic E-state index is 0.0216. The molecule has 1 aliphatic carbocycles. The summed E-state index contributed by atoms with van der Waals surface area (Å²) in [6, 6.07) is 8.32. The van der Waals surface area contributed by atoms with Crippen molar-refractivity contribution >= 4 is 11.6 Å². The maximum atomic E-state index is 12.8. The standard InChI is InChI=1S/C19H21NO2/c1-4-16-12(2)19(22)17(13(3)18(16)21)20-10-9-14-7-5-6-8-15(14)11-20/h5-8H,4,9-11H2,1-3H3. The smallest absolute Gasteiger partial charge is 0.205 e. The van der Waals surface area contributed by atoms with E-state index in [1.54, 1.807) is 13.8 Å². The van der Waals surface area contributed by atoms with Gasteiger partial charge in [0.25, 0.3) is 0 Å². The summed E-state index contributed by atoms with van der Waals surface area (Å²) in [5, 5.41) is 0. The molecule has 0 amide bonds. The molecular formula is C19H21NO2. The summed E-state index contributed by atoms with van der Waals surface area (Å²) in [5.41, 5.74) is 5.09. The average Bonchev–Trinajstić information content (AvgIpc) is 2.54.